The number of rotatable bonds is 6. The van der Waals surface area contributed by atoms with Crippen molar-refractivity contribution in [3.63, 3.8) is 0 Å². The molecule has 1 heterocycles. The second kappa shape index (κ2) is 6.43. The maximum Gasteiger partial charge on any atom is 0.161 e. The molecule has 0 saturated heterocycles. The summed E-state index contributed by atoms with van der Waals surface area (Å²) >= 11 is 0. The Morgan fingerprint density at radius 3 is 2.65 bits per heavy atom. The molecule has 0 saturated carbocycles. The highest BCUT2D eigenvalue weighted by Gasteiger charge is 2.22. The van der Waals surface area contributed by atoms with Gasteiger partial charge in [-0.1, -0.05) is 13.0 Å². The molecule has 112 valence electrons. The number of fused-ring (bicyclic) bond motifs is 1. The highest BCUT2D eigenvalue weighted by atomic mass is 16.6. The van der Waals surface area contributed by atoms with E-state index in [2.05, 4.69) is 5.32 Å². The Kier molecular flexibility index (Phi) is 4.86. The number of hydrogen-bond donors (Lipinski definition) is 3. The fourth-order valence-corrected chi connectivity index (χ4v) is 2.02. The van der Waals surface area contributed by atoms with Gasteiger partial charge in [-0.05, 0) is 31.0 Å². The summed E-state index contributed by atoms with van der Waals surface area (Å²) in [5.74, 6) is 1.39. The van der Waals surface area contributed by atoms with E-state index in [9.17, 15) is 10.2 Å². The monoisotopic (exact) mass is 281 g/mol. The molecule has 1 aromatic rings. The summed E-state index contributed by atoms with van der Waals surface area (Å²) in [7, 11) is 0. The molecule has 0 bridgehead atoms. The average Bonchev–Trinajstić information content (AvgIpc) is 2.51. The molecule has 5 heteroatoms. The van der Waals surface area contributed by atoms with Crippen molar-refractivity contribution >= 4 is 0 Å². The van der Waals surface area contributed by atoms with Gasteiger partial charge < -0.3 is 25.0 Å². The third-order valence-corrected chi connectivity index (χ3v) is 3.80. The average molecular weight is 281 g/mol. The molecule has 1 aliphatic heterocycles. The summed E-state index contributed by atoms with van der Waals surface area (Å²) in [4.78, 5) is 0. The van der Waals surface area contributed by atoms with E-state index in [0.717, 1.165) is 12.0 Å². The van der Waals surface area contributed by atoms with E-state index >= 15 is 0 Å². The number of aliphatic hydroxyl groups is 2. The van der Waals surface area contributed by atoms with Gasteiger partial charge in [0, 0.05) is 12.1 Å². The maximum atomic E-state index is 10.2. The van der Waals surface area contributed by atoms with Gasteiger partial charge in [-0.2, -0.15) is 0 Å². The van der Waals surface area contributed by atoms with Gasteiger partial charge in [-0.3, -0.25) is 0 Å². The molecule has 0 spiro atoms. The third-order valence-electron chi connectivity index (χ3n) is 3.80. The standard InChI is InChI=1S/C15H23NO4/c1-3-15(2,10-17)16-9-12(18)11-4-5-13-14(8-11)20-7-6-19-13/h4-5,8,12,16-18H,3,6-7,9-10H2,1-2H3. The van der Waals surface area contributed by atoms with Crippen LogP contribution in [0.5, 0.6) is 11.5 Å². The number of benzene rings is 1. The van der Waals surface area contributed by atoms with Gasteiger partial charge in [0.25, 0.3) is 0 Å². The second-order valence-corrected chi connectivity index (χ2v) is 5.37. The van der Waals surface area contributed by atoms with Crippen molar-refractivity contribution < 1.29 is 19.7 Å². The normalized spacial score (nSPS) is 18.4. The summed E-state index contributed by atoms with van der Waals surface area (Å²) in [6.07, 6.45) is 0.139. The van der Waals surface area contributed by atoms with Crippen LogP contribution in [0.4, 0.5) is 0 Å². The maximum absolute atomic E-state index is 10.2. The van der Waals surface area contributed by atoms with Crippen LogP contribution in [0.25, 0.3) is 0 Å². The molecule has 1 aliphatic rings. The molecule has 2 rings (SSSR count). The van der Waals surface area contributed by atoms with Gasteiger partial charge in [0.15, 0.2) is 11.5 Å². The van der Waals surface area contributed by atoms with Gasteiger partial charge in [0.2, 0.25) is 0 Å². The van der Waals surface area contributed by atoms with Crippen LogP contribution in [0.1, 0.15) is 31.9 Å². The quantitative estimate of drug-likeness (QED) is 0.732. The Balaban J connectivity index is 2.00. The van der Waals surface area contributed by atoms with E-state index in [0.29, 0.717) is 31.3 Å². The Morgan fingerprint density at radius 1 is 1.30 bits per heavy atom. The van der Waals surface area contributed by atoms with Crippen molar-refractivity contribution in [3.05, 3.63) is 23.8 Å². The van der Waals surface area contributed by atoms with Crippen LogP contribution in [0.15, 0.2) is 18.2 Å². The molecular weight excluding hydrogens is 258 g/mol. The zero-order chi connectivity index (χ0) is 14.6. The molecular formula is C15H23NO4. The summed E-state index contributed by atoms with van der Waals surface area (Å²) in [6.45, 7) is 5.44. The zero-order valence-electron chi connectivity index (χ0n) is 12.1. The van der Waals surface area contributed by atoms with Crippen LogP contribution < -0.4 is 14.8 Å². The third kappa shape index (κ3) is 3.42. The lowest BCUT2D eigenvalue weighted by Gasteiger charge is -2.29. The lowest BCUT2D eigenvalue weighted by Crippen LogP contribution is -2.46. The van der Waals surface area contributed by atoms with Crippen LogP contribution in [0.2, 0.25) is 0 Å². The van der Waals surface area contributed by atoms with Crippen LogP contribution in [0, 0.1) is 0 Å². The molecule has 0 aromatic heterocycles. The molecule has 0 fully saturated rings. The number of aliphatic hydroxyl groups excluding tert-OH is 2. The van der Waals surface area contributed by atoms with E-state index < -0.39 is 6.10 Å². The highest BCUT2D eigenvalue weighted by molar-refractivity contribution is 5.44. The molecule has 20 heavy (non-hydrogen) atoms. The summed E-state index contributed by atoms with van der Waals surface area (Å²) < 4.78 is 11.0. The number of ether oxygens (including phenoxy) is 2. The fourth-order valence-electron chi connectivity index (χ4n) is 2.02. The molecule has 0 amide bonds. The largest absolute Gasteiger partial charge is 0.486 e. The van der Waals surface area contributed by atoms with Crippen molar-refractivity contribution in [1.29, 1.82) is 0 Å². The van der Waals surface area contributed by atoms with E-state index in [-0.39, 0.29) is 12.1 Å². The lowest BCUT2D eigenvalue weighted by molar-refractivity contribution is 0.125. The minimum Gasteiger partial charge on any atom is -0.486 e. The van der Waals surface area contributed by atoms with Gasteiger partial charge in [-0.25, -0.2) is 0 Å². The Hall–Kier alpha value is -1.30. The fraction of sp³-hybridized carbons (Fsp3) is 0.600. The molecule has 5 nitrogen and oxygen atoms in total. The van der Waals surface area contributed by atoms with Gasteiger partial charge >= 0.3 is 0 Å². The molecule has 0 aliphatic carbocycles. The van der Waals surface area contributed by atoms with Crippen LogP contribution in [-0.4, -0.2) is 42.1 Å². The highest BCUT2D eigenvalue weighted by Crippen LogP contribution is 2.32. The first-order valence-corrected chi connectivity index (χ1v) is 7.01. The summed E-state index contributed by atoms with van der Waals surface area (Å²) in [5, 5.41) is 22.8. The van der Waals surface area contributed by atoms with Crippen molar-refractivity contribution in [3.8, 4) is 11.5 Å². The van der Waals surface area contributed by atoms with Crippen LogP contribution >= 0.6 is 0 Å². The lowest BCUT2D eigenvalue weighted by atomic mass is 9.99. The first-order chi connectivity index (χ1) is 9.58. The number of nitrogens with one attached hydrogen (secondary N) is 1. The minimum absolute atomic E-state index is 0.0390. The predicted octanol–water partition coefficient (Wildman–Crippen LogP) is 1.24. The Morgan fingerprint density at radius 2 is 2.00 bits per heavy atom. The minimum atomic E-state index is -0.650. The molecule has 1 aromatic carbocycles. The van der Waals surface area contributed by atoms with E-state index in [4.69, 9.17) is 9.47 Å². The SMILES string of the molecule is CCC(C)(CO)NCC(O)c1ccc2c(c1)OCCO2. The van der Waals surface area contributed by atoms with Crippen molar-refractivity contribution in [2.24, 2.45) is 0 Å². The molecule has 3 N–H and O–H groups in total. The van der Waals surface area contributed by atoms with Crippen LogP contribution in [0.3, 0.4) is 0 Å². The van der Waals surface area contributed by atoms with E-state index in [1.807, 2.05) is 32.0 Å². The first kappa shape index (κ1) is 15.1. The molecule has 0 radical (unpaired) electrons. The first-order valence-electron chi connectivity index (χ1n) is 7.01. The zero-order valence-corrected chi connectivity index (χ0v) is 12.1. The van der Waals surface area contributed by atoms with Crippen molar-refractivity contribution in [1.82, 2.24) is 5.32 Å². The van der Waals surface area contributed by atoms with E-state index in [1.165, 1.54) is 0 Å². The number of β-amino-alcohol motifs (C(OH)–C–C–N with tert-alkyl or cyclic N) is 1. The Labute approximate surface area is 119 Å². The van der Waals surface area contributed by atoms with Gasteiger partial charge in [0.05, 0.1) is 12.7 Å². The van der Waals surface area contributed by atoms with Crippen LogP contribution in [-0.2, 0) is 0 Å². The predicted molar refractivity (Wildman–Crippen MR) is 76.2 cm³/mol. The second-order valence-electron chi connectivity index (χ2n) is 5.37. The number of hydrogen-bond acceptors (Lipinski definition) is 5. The van der Waals surface area contributed by atoms with Crippen molar-refractivity contribution in [2.75, 3.05) is 26.4 Å². The molecule has 2 atom stereocenters. The summed E-state index contributed by atoms with van der Waals surface area (Å²) in [5.41, 5.74) is 0.410. The molecule has 2 unspecified atom stereocenters. The van der Waals surface area contributed by atoms with E-state index in [1.54, 1.807) is 0 Å². The van der Waals surface area contributed by atoms with Gasteiger partial charge in [0.1, 0.15) is 13.2 Å². The topological polar surface area (TPSA) is 71.0 Å². The van der Waals surface area contributed by atoms with Crippen molar-refractivity contribution in [2.45, 2.75) is 31.9 Å². The smallest absolute Gasteiger partial charge is 0.161 e. The summed E-state index contributed by atoms with van der Waals surface area (Å²) in [6, 6.07) is 5.46. The Bertz CT molecular complexity index is 445. The van der Waals surface area contributed by atoms with Gasteiger partial charge in [-0.15, -0.1) is 0 Å².